The minimum Gasteiger partial charge on any atom is -0.299 e. The predicted octanol–water partition coefficient (Wildman–Crippen LogP) is 1.33. The standard InChI is InChI=1S/C13H21NO4/c1-4-5-6-7-14(12(17)8-10(2)15)13(18)9-11(3)16/h4-9H2,1-3H3/q+1. The fourth-order valence-electron chi connectivity index (χ4n) is 1.53. The summed E-state index contributed by atoms with van der Waals surface area (Å²) in [6.07, 6.45) is 2.00. The molecule has 5 heteroatoms. The zero-order chi connectivity index (χ0) is 14.1. The Morgan fingerprint density at radius 1 is 0.833 bits per heavy atom. The summed E-state index contributed by atoms with van der Waals surface area (Å²) >= 11 is 0. The number of imide groups is 1. The molecule has 0 saturated carbocycles. The van der Waals surface area contributed by atoms with Crippen LogP contribution in [0.25, 0.3) is 0 Å². The number of ketones is 2. The largest absolute Gasteiger partial charge is 0.376 e. The molecule has 2 amide bonds. The van der Waals surface area contributed by atoms with Gasteiger partial charge < -0.3 is 0 Å². The lowest BCUT2D eigenvalue weighted by Crippen LogP contribution is -2.44. The Balaban J connectivity index is 4.59. The molecule has 0 spiro atoms. The number of amides is 2. The van der Waals surface area contributed by atoms with Gasteiger partial charge in [0, 0.05) is 6.42 Å². The Kier molecular flexibility index (Phi) is 8.03. The zero-order valence-electron chi connectivity index (χ0n) is 11.3. The van der Waals surface area contributed by atoms with Gasteiger partial charge in [-0.15, -0.1) is 0 Å². The van der Waals surface area contributed by atoms with Gasteiger partial charge in [-0.3, -0.25) is 9.59 Å². The molecule has 0 bridgehead atoms. The maximum absolute atomic E-state index is 11.7. The van der Waals surface area contributed by atoms with Gasteiger partial charge in [-0.05, 0) is 25.2 Å². The number of unbranched alkanes of at least 4 members (excludes halogenated alkanes) is 2. The van der Waals surface area contributed by atoms with Crippen LogP contribution in [-0.2, 0) is 19.2 Å². The van der Waals surface area contributed by atoms with Crippen LogP contribution in [0.5, 0.6) is 0 Å². The van der Waals surface area contributed by atoms with E-state index in [0.29, 0.717) is 6.42 Å². The van der Waals surface area contributed by atoms with Gasteiger partial charge in [-0.2, -0.15) is 0 Å². The highest BCUT2D eigenvalue weighted by atomic mass is 16.2. The van der Waals surface area contributed by atoms with E-state index in [1.54, 1.807) is 0 Å². The molecule has 0 rings (SSSR count). The molecule has 0 aliphatic heterocycles. The molecule has 0 saturated heterocycles. The lowest BCUT2D eigenvalue weighted by atomic mass is 10.2. The van der Waals surface area contributed by atoms with Crippen LogP contribution in [0.15, 0.2) is 0 Å². The Bertz CT molecular complexity index is 308. The van der Waals surface area contributed by atoms with Crippen molar-refractivity contribution in [2.75, 3.05) is 6.54 Å². The molecule has 1 radical (unpaired) electrons. The molecule has 0 aliphatic carbocycles. The second-order valence-electron chi connectivity index (χ2n) is 4.40. The molecule has 5 nitrogen and oxygen atoms in total. The van der Waals surface area contributed by atoms with Gasteiger partial charge in [0.2, 0.25) is 0 Å². The van der Waals surface area contributed by atoms with E-state index in [4.69, 9.17) is 0 Å². The first-order valence-corrected chi connectivity index (χ1v) is 6.20. The molecule has 0 unspecified atom stereocenters. The summed E-state index contributed by atoms with van der Waals surface area (Å²) in [5.74, 6) is -1.58. The normalized spacial score (nSPS) is 10.4. The molecule has 0 aromatic rings. The van der Waals surface area contributed by atoms with Crippen molar-refractivity contribution in [3.05, 3.63) is 0 Å². The smallest absolute Gasteiger partial charge is 0.299 e. The summed E-state index contributed by atoms with van der Waals surface area (Å²) < 4.78 is 0. The number of rotatable bonds is 8. The third kappa shape index (κ3) is 7.06. The first-order chi connectivity index (χ1) is 8.38. The number of hydrogen-bond donors (Lipinski definition) is 0. The molecule has 0 aromatic heterocycles. The Morgan fingerprint density at radius 3 is 1.61 bits per heavy atom. The van der Waals surface area contributed by atoms with E-state index in [1.165, 1.54) is 13.8 Å². The average Bonchev–Trinajstić information content (AvgIpc) is 2.21. The second-order valence-corrected chi connectivity index (χ2v) is 4.40. The molecular weight excluding hydrogens is 234 g/mol. The molecule has 0 aliphatic rings. The predicted molar refractivity (Wildman–Crippen MR) is 67.1 cm³/mol. The molecule has 0 N–H and O–H groups in total. The highest BCUT2D eigenvalue weighted by Gasteiger charge is 2.35. The Labute approximate surface area is 108 Å². The molecule has 18 heavy (non-hydrogen) atoms. The van der Waals surface area contributed by atoms with Gasteiger partial charge in [0.15, 0.2) is 0 Å². The van der Waals surface area contributed by atoms with Crippen LogP contribution >= 0.6 is 0 Å². The van der Waals surface area contributed by atoms with E-state index < -0.39 is 11.8 Å². The minimum atomic E-state index is -0.509. The average molecular weight is 255 g/mol. The van der Waals surface area contributed by atoms with Crippen LogP contribution in [-0.4, -0.2) is 29.9 Å². The van der Waals surface area contributed by atoms with Crippen molar-refractivity contribution >= 4 is 23.4 Å². The molecular formula is C13H21NO4+. The summed E-state index contributed by atoms with van der Waals surface area (Å²) in [4.78, 5) is 46.3. The molecule has 0 heterocycles. The summed E-state index contributed by atoms with van der Waals surface area (Å²) in [6.45, 7) is 4.90. The molecule has 0 fully saturated rings. The fraction of sp³-hybridized carbons (Fsp3) is 0.692. The topological polar surface area (TPSA) is 74.2 Å². The summed E-state index contributed by atoms with van der Waals surface area (Å²) in [6, 6.07) is 0. The lowest BCUT2D eigenvalue weighted by molar-refractivity contribution is -0.139. The van der Waals surface area contributed by atoms with Crippen LogP contribution in [0.4, 0.5) is 0 Å². The monoisotopic (exact) mass is 255 g/mol. The maximum atomic E-state index is 11.7. The van der Waals surface area contributed by atoms with E-state index in [1.807, 2.05) is 6.92 Å². The SMILES string of the molecule is CCCCC[N+](C(=O)CC(C)=O)C(=O)CC(C)=O. The van der Waals surface area contributed by atoms with Crippen LogP contribution in [0, 0.1) is 0 Å². The van der Waals surface area contributed by atoms with E-state index in [9.17, 15) is 19.2 Å². The summed E-state index contributed by atoms with van der Waals surface area (Å²) in [5.41, 5.74) is 0. The third-order valence-electron chi connectivity index (χ3n) is 2.39. The van der Waals surface area contributed by atoms with Crippen LogP contribution < -0.4 is 4.90 Å². The number of nitrogens with zero attached hydrogens (tertiary/aromatic N) is 1. The second kappa shape index (κ2) is 8.69. The number of Topliss-reactive ketones (excluding diaryl/α,β-unsaturated/α-hetero) is 2. The van der Waals surface area contributed by atoms with E-state index in [2.05, 4.69) is 0 Å². The molecule has 101 valence electrons. The minimum absolute atomic E-state index is 0.281. The summed E-state index contributed by atoms with van der Waals surface area (Å²) in [5, 5.41) is 0. The first kappa shape index (κ1) is 16.6. The third-order valence-corrected chi connectivity index (χ3v) is 2.39. The van der Waals surface area contributed by atoms with Gasteiger partial charge in [0.25, 0.3) is 0 Å². The van der Waals surface area contributed by atoms with Crippen LogP contribution in [0.2, 0.25) is 0 Å². The Morgan fingerprint density at radius 2 is 1.28 bits per heavy atom. The van der Waals surface area contributed by atoms with Crippen LogP contribution in [0.3, 0.4) is 0 Å². The number of carbonyl (C=O) groups excluding carboxylic acids is 4. The molecule has 0 atom stereocenters. The van der Waals surface area contributed by atoms with Crippen molar-refractivity contribution in [2.45, 2.75) is 52.9 Å². The quantitative estimate of drug-likeness (QED) is 0.372. The number of hydrogen-bond acceptors (Lipinski definition) is 4. The van der Waals surface area contributed by atoms with E-state index in [-0.39, 0.29) is 31.0 Å². The Hall–Kier alpha value is -1.36. The van der Waals surface area contributed by atoms with Crippen molar-refractivity contribution in [1.29, 1.82) is 0 Å². The zero-order valence-corrected chi connectivity index (χ0v) is 11.3. The molecule has 0 aromatic carbocycles. The highest BCUT2D eigenvalue weighted by molar-refractivity contribution is 6.10. The first-order valence-electron chi connectivity index (χ1n) is 6.20. The van der Waals surface area contributed by atoms with E-state index >= 15 is 0 Å². The lowest BCUT2D eigenvalue weighted by Gasteiger charge is -2.06. The van der Waals surface area contributed by atoms with Gasteiger partial charge >= 0.3 is 11.8 Å². The van der Waals surface area contributed by atoms with Gasteiger partial charge in [0.1, 0.15) is 31.0 Å². The van der Waals surface area contributed by atoms with E-state index in [0.717, 1.165) is 17.7 Å². The van der Waals surface area contributed by atoms with Crippen molar-refractivity contribution in [2.24, 2.45) is 0 Å². The number of carbonyl (C=O) groups is 4. The van der Waals surface area contributed by atoms with Crippen molar-refractivity contribution < 1.29 is 19.2 Å². The van der Waals surface area contributed by atoms with Crippen LogP contribution in [0.1, 0.15) is 52.9 Å². The maximum Gasteiger partial charge on any atom is 0.376 e. The fourth-order valence-corrected chi connectivity index (χ4v) is 1.53. The van der Waals surface area contributed by atoms with Gasteiger partial charge in [-0.25, -0.2) is 9.59 Å². The van der Waals surface area contributed by atoms with Gasteiger partial charge in [-0.1, -0.05) is 13.3 Å². The van der Waals surface area contributed by atoms with Gasteiger partial charge in [0.05, 0.1) is 0 Å². The van der Waals surface area contributed by atoms with Crippen molar-refractivity contribution in [1.82, 2.24) is 4.90 Å². The highest BCUT2D eigenvalue weighted by Crippen LogP contribution is 2.02. The van der Waals surface area contributed by atoms with Crippen molar-refractivity contribution in [3.8, 4) is 0 Å². The summed E-state index contributed by atoms with van der Waals surface area (Å²) in [7, 11) is 0. The van der Waals surface area contributed by atoms with Crippen molar-refractivity contribution in [3.63, 3.8) is 0 Å².